The van der Waals surface area contributed by atoms with Crippen LogP contribution in [0.2, 0.25) is 0 Å². The molecule has 0 saturated carbocycles. The van der Waals surface area contributed by atoms with Crippen molar-refractivity contribution in [3.05, 3.63) is 88.7 Å². The van der Waals surface area contributed by atoms with Gasteiger partial charge in [0.2, 0.25) is 0 Å². The summed E-state index contributed by atoms with van der Waals surface area (Å²) in [6.07, 6.45) is 1.66. The van der Waals surface area contributed by atoms with Crippen LogP contribution in [0.15, 0.2) is 77.6 Å². The highest BCUT2D eigenvalue weighted by molar-refractivity contribution is 5.79. The lowest BCUT2D eigenvalue weighted by molar-refractivity contribution is 0.303. The van der Waals surface area contributed by atoms with E-state index >= 15 is 0 Å². The zero-order valence-corrected chi connectivity index (χ0v) is 17.9. The summed E-state index contributed by atoms with van der Waals surface area (Å²) in [6, 6.07) is 23.2. The molecular weight excluding hydrogens is 388 g/mol. The van der Waals surface area contributed by atoms with Gasteiger partial charge in [-0.25, -0.2) is 4.98 Å². The van der Waals surface area contributed by atoms with Crippen LogP contribution in [-0.2, 0) is 6.54 Å². The molecule has 4 rings (SSSR count). The summed E-state index contributed by atoms with van der Waals surface area (Å²) >= 11 is 0. The van der Waals surface area contributed by atoms with Gasteiger partial charge in [-0.1, -0.05) is 24.3 Å². The Labute approximate surface area is 181 Å². The third kappa shape index (κ3) is 4.77. The first-order chi connectivity index (χ1) is 15.2. The molecule has 0 atom stereocenters. The Hall–Kier alpha value is -3.60. The number of unbranched alkanes of at least 4 members (excludes halogenated alkanes) is 1. The average Bonchev–Trinajstić information content (AvgIpc) is 2.80. The molecule has 0 spiro atoms. The summed E-state index contributed by atoms with van der Waals surface area (Å²) in [5.74, 6) is 2.32. The van der Waals surface area contributed by atoms with Crippen LogP contribution in [0.1, 0.15) is 18.4 Å². The van der Waals surface area contributed by atoms with Crippen LogP contribution in [0, 0.1) is 6.92 Å². The number of hydrogen-bond acceptors (Lipinski definition) is 4. The van der Waals surface area contributed by atoms with Crippen LogP contribution in [0.5, 0.6) is 11.5 Å². The van der Waals surface area contributed by atoms with E-state index in [0.717, 1.165) is 29.9 Å². The molecule has 0 N–H and O–H groups in total. The van der Waals surface area contributed by atoms with Crippen LogP contribution in [0.4, 0.5) is 0 Å². The molecule has 0 aliphatic rings. The normalized spacial score (nSPS) is 10.9. The molecule has 5 nitrogen and oxygen atoms in total. The fourth-order valence-corrected chi connectivity index (χ4v) is 3.60. The van der Waals surface area contributed by atoms with Gasteiger partial charge in [0.05, 0.1) is 24.6 Å². The van der Waals surface area contributed by atoms with Crippen molar-refractivity contribution in [2.45, 2.75) is 26.3 Å². The van der Waals surface area contributed by atoms with Gasteiger partial charge in [-0.05, 0) is 73.9 Å². The quantitative estimate of drug-likeness (QED) is 0.370. The topological polar surface area (TPSA) is 53.3 Å². The Morgan fingerprint density at radius 3 is 2.48 bits per heavy atom. The Kier molecular flexibility index (Phi) is 6.32. The Morgan fingerprint density at radius 1 is 0.903 bits per heavy atom. The Balaban J connectivity index is 1.55. The van der Waals surface area contributed by atoms with Crippen LogP contribution in [-0.4, -0.2) is 23.3 Å². The van der Waals surface area contributed by atoms with Gasteiger partial charge in [0, 0.05) is 12.1 Å². The molecule has 4 aromatic rings. The fourth-order valence-electron chi connectivity index (χ4n) is 3.60. The first kappa shape index (κ1) is 20.7. The highest BCUT2D eigenvalue weighted by atomic mass is 16.5. The number of benzene rings is 3. The molecule has 0 bridgehead atoms. The zero-order valence-electron chi connectivity index (χ0n) is 17.9. The number of hydrogen-bond donors (Lipinski definition) is 0. The van der Waals surface area contributed by atoms with Gasteiger partial charge in [0.1, 0.15) is 17.3 Å². The number of nitrogens with zero attached hydrogens (tertiary/aromatic N) is 2. The van der Waals surface area contributed by atoms with Gasteiger partial charge >= 0.3 is 0 Å². The van der Waals surface area contributed by atoms with Gasteiger partial charge in [-0.15, -0.1) is 0 Å². The monoisotopic (exact) mass is 414 g/mol. The summed E-state index contributed by atoms with van der Waals surface area (Å²) in [7, 11) is 1.64. The highest BCUT2D eigenvalue weighted by Gasteiger charge is 2.12. The van der Waals surface area contributed by atoms with Crippen LogP contribution in [0.25, 0.3) is 22.3 Å². The number of aromatic nitrogens is 2. The lowest BCUT2D eigenvalue weighted by atomic mass is 10.1. The van der Waals surface area contributed by atoms with Gasteiger partial charge in [-0.3, -0.25) is 9.36 Å². The van der Waals surface area contributed by atoms with E-state index in [0.29, 0.717) is 29.9 Å². The van der Waals surface area contributed by atoms with Crippen LogP contribution < -0.4 is 15.0 Å². The summed E-state index contributed by atoms with van der Waals surface area (Å²) in [5, 5.41) is 0.635. The highest BCUT2D eigenvalue weighted by Crippen LogP contribution is 2.22. The van der Waals surface area contributed by atoms with E-state index in [-0.39, 0.29) is 5.56 Å². The molecule has 1 aromatic heterocycles. The summed E-state index contributed by atoms with van der Waals surface area (Å²) < 4.78 is 12.9. The van der Waals surface area contributed by atoms with Gasteiger partial charge in [0.15, 0.2) is 0 Å². The van der Waals surface area contributed by atoms with Crippen molar-refractivity contribution in [2.24, 2.45) is 0 Å². The lowest BCUT2D eigenvalue weighted by Gasteiger charge is -2.14. The smallest absolute Gasteiger partial charge is 0.261 e. The largest absolute Gasteiger partial charge is 0.497 e. The van der Waals surface area contributed by atoms with Gasteiger partial charge in [0.25, 0.3) is 5.56 Å². The van der Waals surface area contributed by atoms with E-state index in [4.69, 9.17) is 14.5 Å². The van der Waals surface area contributed by atoms with E-state index in [2.05, 4.69) is 0 Å². The van der Waals surface area contributed by atoms with Crippen molar-refractivity contribution in [3.63, 3.8) is 0 Å². The Bertz CT molecular complexity index is 1230. The minimum atomic E-state index is -0.0176. The molecule has 3 aromatic carbocycles. The average molecular weight is 415 g/mol. The van der Waals surface area contributed by atoms with Gasteiger partial charge < -0.3 is 9.47 Å². The van der Waals surface area contributed by atoms with Crippen molar-refractivity contribution in [2.75, 3.05) is 13.7 Å². The van der Waals surface area contributed by atoms with Crippen LogP contribution in [0.3, 0.4) is 0 Å². The molecule has 0 radical (unpaired) electrons. The molecule has 5 heteroatoms. The van der Waals surface area contributed by atoms with E-state index in [1.54, 1.807) is 11.7 Å². The number of methoxy groups -OCH3 is 1. The SMILES string of the molecule is COc1ccc(-c2nc3ccccc3c(=O)n2CCCCOc2cccc(C)c2)cc1. The third-order valence-electron chi connectivity index (χ3n) is 5.24. The second-order valence-electron chi connectivity index (χ2n) is 7.51. The third-order valence-corrected chi connectivity index (χ3v) is 5.24. The molecule has 158 valence electrons. The molecule has 0 fully saturated rings. The molecule has 0 aliphatic heterocycles. The molecule has 0 amide bonds. The van der Waals surface area contributed by atoms with Gasteiger partial charge in [-0.2, -0.15) is 0 Å². The molecule has 0 unspecified atom stereocenters. The lowest BCUT2D eigenvalue weighted by Crippen LogP contribution is -2.24. The van der Waals surface area contributed by atoms with Crippen molar-refractivity contribution >= 4 is 10.9 Å². The minimum Gasteiger partial charge on any atom is -0.497 e. The van der Waals surface area contributed by atoms with Crippen molar-refractivity contribution in [3.8, 4) is 22.9 Å². The predicted octanol–water partition coefficient (Wildman–Crippen LogP) is 5.24. The number of aryl methyl sites for hydroxylation is 1. The maximum absolute atomic E-state index is 13.2. The van der Waals surface area contributed by atoms with Crippen LogP contribution >= 0.6 is 0 Å². The van der Waals surface area contributed by atoms with E-state index in [9.17, 15) is 4.79 Å². The molecule has 0 saturated heterocycles. The van der Waals surface area contributed by atoms with E-state index in [1.807, 2.05) is 79.7 Å². The zero-order chi connectivity index (χ0) is 21.6. The molecule has 1 heterocycles. The van der Waals surface area contributed by atoms with Crippen molar-refractivity contribution in [1.29, 1.82) is 0 Å². The number of ether oxygens (including phenoxy) is 2. The van der Waals surface area contributed by atoms with Crippen molar-refractivity contribution in [1.82, 2.24) is 9.55 Å². The first-order valence-corrected chi connectivity index (χ1v) is 10.5. The summed E-state index contributed by atoms with van der Waals surface area (Å²) in [6.45, 7) is 3.24. The standard InChI is InChI=1S/C26H26N2O3/c1-19-8-7-9-22(18-19)31-17-6-5-16-28-25(20-12-14-21(30-2)15-13-20)27-24-11-4-3-10-23(24)26(28)29/h3-4,7-15,18H,5-6,16-17H2,1-2H3. The minimum absolute atomic E-state index is 0.0176. The molecular formula is C26H26N2O3. The summed E-state index contributed by atoms with van der Waals surface area (Å²) in [4.78, 5) is 18.0. The maximum atomic E-state index is 13.2. The second-order valence-corrected chi connectivity index (χ2v) is 7.51. The number of para-hydroxylation sites is 1. The Morgan fingerprint density at radius 2 is 1.71 bits per heavy atom. The fraction of sp³-hybridized carbons (Fsp3) is 0.231. The number of rotatable bonds is 8. The van der Waals surface area contributed by atoms with Crippen molar-refractivity contribution < 1.29 is 9.47 Å². The molecule has 0 aliphatic carbocycles. The second kappa shape index (κ2) is 9.47. The maximum Gasteiger partial charge on any atom is 0.261 e. The van der Waals surface area contributed by atoms with E-state index < -0.39 is 0 Å². The predicted molar refractivity (Wildman–Crippen MR) is 124 cm³/mol. The summed E-state index contributed by atoms with van der Waals surface area (Å²) in [5.41, 5.74) is 2.75. The molecule has 31 heavy (non-hydrogen) atoms. The number of fused-ring (bicyclic) bond motifs is 1. The van der Waals surface area contributed by atoms with E-state index in [1.165, 1.54) is 5.56 Å². The first-order valence-electron chi connectivity index (χ1n) is 10.5.